The number of pyridine rings is 1. The Morgan fingerprint density at radius 1 is 1.14 bits per heavy atom. The number of rotatable bonds is 11. The number of fused-ring (bicyclic) bond motifs is 1. The van der Waals surface area contributed by atoms with Crippen LogP contribution in [0.5, 0.6) is 0 Å². The van der Waals surface area contributed by atoms with E-state index in [-0.39, 0.29) is 42.8 Å². The van der Waals surface area contributed by atoms with Crippen molar-refractivity contribution < 1.29 is 23.5 Å². The van der Waals surface area contributed by atoms with Crippen molar-refractivity contribution in [1.29, 1.82) is 0 Å². The minimum absolute atomic E-state index is 0.0427. The Kier molecular flexibility index (Phi) is 10.2. The summed E-state index contributed by atoms with van der Waals surface area (Å²) in [4.78, 5) is 41.3. The molecule has 1 atom stereocenters. The van der Waals surface area contributed by atoms with Crippen LogP contribution in [0, 0.1) is 5.82 Å². The van der Waals surface area contributed by atoms with Gasteiger partial charge in [-0.1, -0.05) is 48.0 Å². The van der Waals surface area contributed by atoms with Gasteiger partial charge >= 0.3 is 6.09 Å². The van der Waals surface area contributed by atoms with Crippen molar-refractivity contribution in [1.82, 2.24) is 20.7 Å². The van der Waals surface area contributed by atoms with Crippen LogP contribution in [-0.2, 0) is 20.9 Å². The lowest BCUT2D eigenvalue weighted by molar-refractivity contribution is -0.137. The first-order valence-corrected chi connectivity index (χ1v) is 12.2. The van der Waals surface area contributed by atoms with Crippen LogP contribution in [0.1, 0.15) is 32.3 Å². The number of ether oxygens (including phenoxy) is 1. The van der Waals surface area contributed by atoms with Crippen LogP contribution in [-0.4, -0.2) is 47.1 Å². The van der Waals surface area contributed by atoms with E-state index in [0.29, 0.717) is 17.9 Å². The van der Waals surface area contributed by atoms with Gasteiger partial charge in [0.2, 0.25) is 11.8 Å². The summed E-state index contributed by atoms with van der Waals surface area (Å²) in [5, 5.41) is 8.31. The molecule has 0 saturated carbocycles. The molecule has 196 valence electrons. The van der Waals surface area contributed by atoms with Crippen LogP contribution in [0.2, 0.25) is 5.02 Å². The number of halogens is 2. The molecule has 0 aliphatic carbocycles. The van der Waals surface area contributed by atoms with Crippen molar-refractivity contribution in [3.63, 3.8) is 0 Å². The fourth-order valence-corrected chi connectivity index (χ4v) is 3.88. The van der Waals surface area contributed by atoms with Crippen molar-refractivity contribution in [2.75, 3.05) is 18.5 Å². The van der Waals surface area contributed by atoms with Crippen LogP contribution in [0.25, 0.3) is 10.8 Å². The molecule has 37 heavy (non-hydrogen) atoms. The molecule has 9 nitrogen and oxygen atoms in total. The largest absolute Gasteiger partial charge is 0.447 e. The molecule has 0 bridgehead atoms. The fraction of sp³-hybridized carbons (Fsp3) is 0.308. The first-order valence-electron chi connectivity index (χ1n) is 11.8. The maximum absolute atomic E-state index is 13.8. The Morgan fingerprint density at radius 3 is 2.62 bits per heavy atom. The molecule has 1 heterocycles. The first-order chi connectivity index (χ1) is 17.8. The monoisotopic (exact) mass is 529 g/mol. The maximum atomic E-state index is 13.8. The predicted molar refractivity (Wildman–Crippen MR) is 139 cm³/mol. The second-order valence-corrected chi connectivity index (χ2v) is 8.60. The molecule has 0 radical (unpaired) electrons. The van der Waals surface area contributed by atoms with E-state index in [9.17, 15) is 18.8 Å². The van der Waals surface area contributed by atoms with Crippen molar-refractivity contribution >= 4 is 46.1 Å². The van der Waals surface area contributed by atoms with E-state index in [0.717, 1.165) is 10.8 Å². The fourth-order valence-electron chi connectivity index (χ4n) is 3.69. The average Bonchev–Trinajstić information content (AvgIpc) is 2.87. The molecule has 0 fully saturated rings. The molecule has 0 spiro atoms. The third-order valence-electron chi connectivity index (χ3n) is 5.52. The van der Waals surface area contributed by atoms with Gasteiger partial charge in [0.1, 0.15) is 18.2 Å². The van der Waals surface area contributed by atoms with Crippen LogP contribution >= 0.6 is 11.6 Å². The smallest absolute Gasteiger partial charge is 0.412 e. The molecule has 2 aromatic carbocycles. The standard InChI is InChI=1S/C26H29ClFN5O4/c1-3-29-24(35)12-11-21(33(17(2)34)31-15-20-9-6-10-22(28)25(20)27)16-37-26(36)32-23-13-18-7-4-5-8-19(18)14-30-23/h4-10,13-14,21,31H,3,11-12,15-16H2,1-2H3,(H,29,35)(H,30,32,36)/t21-/m0/s1. The molecule has 0 saturated heterocycles. The summed E-state index contributed by atoms with van der Waals surface area (Å²) in [6.07, 6.45) is 1.18. The van der Waals surface area contributed by atoms with Crippen LogP contribution < -0.4 is 16.1 Å². The van der Waals surface area contributed by atoms with Gasteiger partial charge in [-0.05, 0) is 36.4 Å². The van der Waals surface area contributed by atoms with E-state index in [4.69, 9.17) is 16.3 Å². The number of hydrogen-bond acceptors (Lipinski definition) is 6. The molecule has 3 aromatic rings. The van der Waals surface area contributed by atoms with Crippen molar-refractivity contribution in [2.45, 2.75) is 39.3 Å². The van der Waals surface area contributed by atoms with Crippen LogP contribution in [0.3, 0.4) is 0 Å². The molecule has 3 N–H and O–H groups in total. The lowest BCUT2D eigenvalue weighted by atomic mass is 10.1. The van der Waals surface area contributed by atoms with Crippen LogP contribution in [0.4, 0.5) is 15.0 Å². The summed E-state index contributed by atoms with van der Waals surface area (Å²) in [6, 6.07) is 13.0. The number of hydrazine groups is 1. The SMILES string of the molecule is CCNC(=O)CC[C@@H](COC(=O)Nc1cc2ccccc2cn1)N(NCc1cccc(F)c1Cl)C(C)=O. The number of aromatic nitrogens is 1. The van der Waals surface area contributed by atoms with Crippen molar-refractivity contribution in [2.24, 2.45) is 0 Å². The van der Waals surface area contributed by atoms with Gasteiger partial charge in [0.15, 0.2) is 0 Å². The molecule has 0 aliphatic heterocycles. The number of benzene rings is 2. The minimum atomic E-state index is -0.762. The van der Waals surface area contributed by atoms with Gasteiger partial charge in [0.25, 0.3) is 0 Å². The van der Waals surface area contributed by atoms with Crippen molar-refractivity contribution in [3.05, 3.63) is 71.1 Å². The van der Waals surface area contributed by atoms with E-state index in [1.165, 1.54) is 24.1 Å². The summed E-state index contributed by atoms with van der Waals surface area (Å²) in [6.45, 7) is 3.44. The molecule has 1 aromatic heterocycles. The summed E-state index contributed by atoms with van der Waals surface area (Å²) >= 11 is 6.03. The van der Waals surface area contributed by atoms with Gasteiger partial charge in [0, 0.05) is 38.0 Å². The average molecular weight is 530 g/mol. The molecule has 0 aliphatic rings. The summed E-state index contributed by atoms with van der Waals surface area (Å²) in [5.74, 6) is -0.849. The number of nitrogens with zero attached hydrogens (tertiary/aromatic N) is 2. The molecular weight excluding hydrogens is 501 g/mol. The normalized spacial score (nSPS) is 11.6. The highest BCUT2D eigenvalue weighted by molar-refractivity contribution is 6.31. The molecule has 11 heteroatoms. The minimum Gasteiger partial charge on any atom is -0.447 e. The third kappa shape index (κ3) is 8.12. The highest BCUT2D eigenvalue weighted by Crippen LogP contribution is 2.20. The highest BCUT2D eigenvalue weighted by Gasteiger charge is 2.24. The number of anilines is 1. The second kappa shape index (κ2) is 13.5. The lowest BCUT2D eigenvalue weighted by Gasteiger charge is -2.31. The lowest BCUT2D eigenvalue weighted by Crippen LogP contribution is -2.51. The zero-order chi connectivity index (χ0) is 26.8. The van der Waals surface area contributed by atoms with E-state index in [1.54, 1.807) is 25.3 Å². The maximum Gasteiger partial charge on any atom is 0.412 e. The van der Waals surface area contributed by atoms with Gasteiger partial charge in [0.05, 0.1) is 11.1 Å². The first kappa shape index (κ1) is 27.8. The van der Waals surface area contributed by atoms with E-state index < -0.39 is 18.0 Å². The summed E-state index contributed by atoms with van der Waals surface area (Å²) < 4.78 is 19.2. The quantitative estimate of drug-likeness (QED) is 0.317. The Labute approximate surface area is 219 Å². The Hall–Kier alpha value is -3.76. The zero-order valence-electron chi connectivity index (χ0n) is 20.6. The van der Waals surface area contributed by atoms with E-state index >= 15 is 0 Å². The molecular formula is C26H29ClFN5O4. The van der Waals surface area contributed by atoms with Gasteiger partial charge in [-0.3, -0.25) is 19.9 Å². The van der Waals surface area contributed by atoms with E-state index in [2.05, 4.69) is 21.0 Å². The zero-order valence-corrected chi connectivity index (χ0v) is 21.3. The Balaban J connectivity index is 1.68. The summed E-state index contributed by atoms with van der Waals surface area (Å²) in [7, 11) is 0. The number of nitrogens with one attached hydrogen (secondary N) is 3. The Bertz CT molecular complexity index is 1260. The number of hydrogen-bond donors (Lipinski definition) is 3. The number of carbonyl (C=O) groups excluding carboxylic acids is 3. The van der Waals surface area contributed by atoms with Crippen molar-refractivity contribution in [3.8, 4) is 0 Å². The number of amides is 3. The van der Waals surface area contributed by atoms with Gasteiger partial charge in [-0.2, -0.15) is 0 Å². The van der Waals surface area contributed by atoms with E-state index in [1.807, 2.05) is 24.3 Å². The highest BCUT2D eigenvalue weighted by atomic mass is 35.5. The molecule has 0 unspecified atom stereocenters. The topological polar surface area (TPSA) is 113 Å². The van der Waals surface area contributed by atoms with Crippen LogP contribution in [0.15, 0.2) is 54.7 Å². The second-order valence-electron chi connectivity index (χ2n) is 8.22. The van der Waals surface area contributed by atoms with Gasteiger partial charge in [-0.25, -0.2) is 19.6 Å². The molecule has 3 rings (SSSR count). The molecule has 3 amide bonds. The Morgan fingerprint density at radius 2 is 1.89 bits per heavy atom. The summed E-state index contributed by atoms with van der Waals surface area (Å²) in [5.41, 5.74) is 3.37. The third-order valence-corrected chi connectivity index (χ3v) is 5.95. The van der Waals surface area contributed by atoms with Gasteiger partial charge < -0.3 is 10.1 Å². The number of carbonyl (C=O) groups is 3. The predicted octanol–water partition coefficient (Wildman–Crippen LogP) is 4.41. The van der Waals surface area contributed by atoms with Gasteiger partial charge in [-0.15, -0.1) is 0 Å².